The molecule has 0 aliphatic carbocycles. The summed E-state index contributed by atoms with van der Waals surface area (Å²) in [4.78, 5) is 23.1. The number of nitrogens with zero attached hydrogens (tertiary/aromatic N) is 3. The molecule has 0 amide bonds. The molecule has 0 bridgehead atoms. The van der Waals surface area contributed by atoms with Crippen LogP contribution in [0.15, 0.2) is 143 Å². The molecular weight excluding hydrogens is 610 g/mol. The molecule has 0 saturated carbocycles. The lowest BCUT2D eigenvalue weighted by molar-refractivity contribution is 0.103. The van der Waals surface area contributed by atoms with Crippen molar-refractivity contribution < 1.29 is 18.4 Å². The van der Waals surface area contributed by atoms with Crippen LogP contribution in [0.1, 0.15) is 63.1 Å². The zero-order chi connectivity index (χ0) is 33.6. The lowest BCUT2D eigenvalue weighted by Gasteiger charge is -2.21. The van der Waals surface area contributed by atoms with Crippen molar-refractivity contribution >= 4 is 5.78 Å². The van der Waals surface area contributed by atoms with E-state index in [-0.39, 0.29) is 11.7 Å². The van der Waals surface area contributed by atoms with Crippen LogP contribution in [-0.4, -0.2) is 26.9 Å². The highest BCUT2D eigenvalue weighted by atomic mass is 16.5. The van der Waals surface area contributed by atoms with E-state index in [1.54, 1.807) is 6.26 Å². The van der Waals surface area contributed by atoms with Crippen LogP contribution in [0.4, 0.5) is 0 Å². The van der Waals surface area contributed by atoms with Crippen molar-refractivity contribution in [3.8, 4) is 22.9 Å². The topological polar surface area (TPSA) is 83.3 Å². The van der Waals surface area contributed by atoms with Crippen LogP contribution in [-0.2, 0) is 19.3 Å². The first kappa shape index (κ1) is 31.6. The number of para-hydroxylation sites is 1. The number of oxazole rings is 2. The van der Waals surface area contributed by atoms with Crippen LogP contribution in [0, 0.1) is 6.92 Å². The maximum absolute atomic E-state index is 13.7. The van der Waals surface area contributed by atoms with Crippen LogP contribution < -0.4 is 4.74 Å². The Morgan fingerprint density at radius 1 is 0.837 bits per heavy atom. The van der Waals surface area contributed by atoms with Gasteiger partial charge in [-0.25, -0.2) is 9.97 Å². The second-order valence-electron chi connectivity index (χ2n) is 11.9. The number of aryl methyl sites for hydroxylation is 2. The number of rotatable bonds is 13. The Labute approximate surface area is 285 Å². The van der Waals surface area contributed by atoms with E-state index in [1.807, 2.05) is 116 Å². The molecule has 244 valence electrons. The van der Waals surface area contributed by atoms with Crippen LogP contribution in [0.25, 0.3) is 17.1 Å². The number of aromatic nitrogens is 3. The summed E-state index contributed by atoms with van der Waals surface area (Å²) in [5.74, 6) is 2.73. The van der Waals surface area contributed by atoms with Gasteiger partial charge in [-0.1, -0.05) is 79.7 Å². The molecule has 4 aromatic carbocycles. The molecule has 0 aliphatic rings. The number of ketones is 1. The summed E-state index contributed by atoms with van der Waals surface area (Å²) >= 11 is 0. The zero-order valence-corrected chi connectivity index (χ0v) is 27.6. The molecule has 7 nitrogen and oxygen atoms in total. The fraction of sp³-hybridized carbons (Fsp3) is 0.167. The van der Waals surface area contributed by atoms with Gasteiger partial charge in [-0.15, -0.1) is 0 Å². The van der Waals surface area contributed by atoms with Gasteiger partial charge in [-0.2, -0.15) is 0 Å². The Hall–Kier alpha value is -5.95. The Morgan fingerprint density at radius 2 is 1.57 bits per heavy atom. The van der Waals surface area contributed by atoms with E-state index >= 15 is 0 Å². The first-order valence-corrected chi connectivity index (χ1v) is 16.6. The van der Waals surface area contributed by atoms with Gasteiger partial charge in [-0.3, -0.25) is 4.79 Å². The highest BCUT2D eigenvalue weighted by molar-refractivity contribution is 6.11. The van der Waals surface area contributed by atoms with Crippen molar-refractivity contribution in [2.75, 3.05) is 6.61 Å². The van der Waals surface area contributed by atoms with E-state index in [4.69, 9.17) is 23.5 Å². The van der Waals surface area contributed by atoms with Crippen molar-refractivity contribution in [1.29, 1.82) is 0 Å². The van der Waals surface area contributed by atoms with Crippen molar-refractivity contribution in [2.45, 2.75) is 39.0 Å². The predicted octanol–water partition coefficient (Wildman–Crippen LogP) is 9.22. The van der Waals surface area contributed by atoms with Gasteiger partial charge in [0.25, 0.3) is 0 Å². The summed E-state index contributed by atoms with van der Waals surface area (Å²) in [7, 11) is 0. The van der Waals surface area contributed by atoms with Crippen molar-refractivity contribution in [3.63, 3.8) is 0 Å². The molecule has 7 aromatic rings. The minimum Gasteiger partial charge on any atom is -0.493 e. The first-order valence-electron chi connectivity index (χ1n) is 16.6. The van der Waals surface area contributed by atoms with Gasteiger partial charge in [0.1, 0.15) is 17.8 Å². The highest BCUT2D eigenvalue weighted by Gasteiger charge is 2.24. The number of ether oxygens (including phenoxy) is 1. The molecule has 0 radical (unpaired) electrons. The van der Waals surface area contributed by atoms with Crippen molar-refractivity contribution in [3.05, 3.63) is 179 Å². The summed E-state index contributed by atoms with van der Waals surface area (Å²) in [6.07, 6.45) is 5.72. The predicted molar refractivity (Wildman–Crippen MR) is 189 cm³/mol. The maximum atomic E-state index is 13.7. The third-order valence-electron chi connectivity index (χ3n) is 8.73. The Bertz CT molecular complexity index is 2140. The highest BCUT2D eigenvalue weighted by Crippen LogP contribution is 2.33. The molecule has 3 heterocycles. The summed E-state index contributed by atoms with van der Waals surface area (Å²) in [5, 5.41) is 0. The zero-order valence-electron chi connectivity index (χ0n) is 27.6. The second-order valence-corrected chi connectivity index (χ2v) is 11.9. The third-order valence-corrected chi connectivity index (χ3v) is 8.73. The van der Waals surface area contributed by atoms with Crippen LogP contribution >= 0.6 is 0 Å². The van der Waals surface area contributed by atoms with Gasteiger partial charge >= 0.3 is 0 Å². The van der Waals surface area contributed by atoms with Crippen LogP contribution in [0.3, 0.4) is 0 Å². The standard InChI is InChI=1S/C42H37N3O4/c1-3-33-28-48-40(43-33)27-36(39-19-12-25-45(39)38-18-11-10-17-35(38)41(46)31-13-6-4-7-14-31)30-20-22-34(23-21-30)47-26-24-37-29(2)49-42(44-37)32-15-8-5-9-16-32/h4-23,25,28,36H,3,24,26-27H2,1-2H3. The second kappa shape index (κ2) is 14.4. The molecule has 0 spiro atoms. The fourth-order valence-electron chi connectivity index (χ4n) is 6.12. The van der Waals surface area contributed by atoms with Gasteiger partial charge in [0, 0.05) is 47.3 Å². The Kier molecular flexibility index (Phi) is 9.32. The monoisotopic (exact) mass is 647 g/mol. The van der Waals surface area contributed by atoms with Gasteiger partial charge in [0.2, 0.25) is 5.89 Å². The lowest BCUT2D eigenvalue weighted by atomic mass is 9.91. The van der Waals surface area contributed by atoms with E-state index < -0.39 is 0 Å². The SMILES string of the molecule is CCc1coc(CC(c2ccc(OCCc3nc(-c4ccccc4)oc3C)cc2)c2cccn2-c2ccccc2C(=O)c2ccccc2)n1. The Morgan fingerprint density at radius 3 is 2.33 bits per heavy atom. The normalized spacial score (nSPS) is 11.8. The molecule has 3 aromatic heterocycles. The average Bonchev–Trinajstić information content (AvgIpc) is 3.92. The molecule has 1 atom stereocenters. The summed E-state index contributed by atoms with van der Waals surface area (Å²) in [6, 6.07) is 39.4. The van der Waals surface area contributed by atoms with E-state index in [1.165, 1.54) is 0 Å². The van der Waals surface area contributed by atoms with Gasteiger partial charge < -0.3 is 18.1 Å². The molecular formula is C42H37N3O4. The van der Waals surface area contributed by atoms with Crippen molar-refractivity contribution in [1.82, 2.24) is 14.5 Å². The number of hydrogen-bond donors (Lipinski definition) is 0. The van der Waals surface area contributed by atoms with Gasteiger partial charge in [-0.05, 0) is 67.4 Å². The fourth-order valence-corrected chi connectivity index (χ4v) is 6.12. The summed E-state index contributed by atoms with van der Waals surface area (Å²) < 4.78 is 20.1. The number of carbonyl (C=O) groups is 1. The maximum Gasteiger partial charge on any atom is 0.226 e. The molecule has 0 fully saturated rings. The largest absolute Gasteiger partial charge is 0.493 e. The molecule has 0 saturated heterocycles. The molecule has 49 heavy (non-hydrogen) atoms. The van der Waals surface area contributed by atoms with E-state index in [2.05, 4.69) is 29.7 Å². The third kappa shape index (κ3) is 7.02. The number of hydrogen-bond acceptors (Lipinski definition) is 6. The molecule has 1 unspecified atom stereocenters. The Balaban J connectivity index is 1.14. The number of carbonyl (C=O) groups excluding carboxylic acids is 1. The molecule has 7 rings (SSSR count). The van der Waals surface area contributed by atoms with Crippen LogP contribution in [0.2, 0.25) is 0 Å². The minimum absolute atomic E-state index is 0.0219. The van der Waals surface area contributed by atoms with Gasteiger partial charge in [0.05, 0.1) is 23.7 Å². The average molecular weight is 648 g/mol. The van der Waals surface area contributed by atoms with Crippen molar-refractivity contribution in [2.24, 2.45) is 0 Å². The van der Waals surface area contributed by atoms with Crippen LogP contribution in [0.5, 0.6) is 5.75 Å². The molecule has 0 N–H and O–H groups in total. The smallest absolute Gasteiger partial charge is 0.226 e. The summed E-state index contributed by atoms with van der Waals surface area (Å²) in [6.45, 7) is 4.47. The van der Waals surface area contributed by atoms with E-state index in [0.29, 0.717) is 42.4 Å². The number of benzene rings is 4. The van der Waals surface area contributed by atoms with E-state index in [9.17, 15) is 4.79 Å². The molecule has 0 aliphatic heterocycles. The summed E-state index contributed by atoms with van der Waals surface area (Å²) in [5.41, 5.74) is 6.97. The van der Waals surface area contributed by atoms with E-state index in [0.717, 1.165) is 51.8 Å². The molecule has 7 heteroatoms. The van der Waals surface area contributed by atoms with Gasteiger partial charge in [0.15, 0.2) is 11.7 Å². The lowest BCUT2D eigenvalue weighted by Crippen LogP contribution is -2.14. The first-order chi connectivity index (χ1) is 24.1. The quantitative estimate of drug-likeness (QED) is 0.116. The minimum atomic E-state index is -0.110.